The van der Waals surface area contributed by atoms with Crippen molar-refractivity contribution < 1.29 is 14.6 Å². The molecule has 2 fully saturated rings. The highest BCUT2D eigenvalue weighted by atomic mass is 16.8. The second kappa shape index (κ2) is 4.62. The molecule has 0 spiro atoms. The minimum atomic E-state index is -0.715. The number of H-pyrrole nitrogens is 1. The molecule has 0 radical (unpaired) electrons. The van der Waals surface area contributed by atoms with Crippen LogP contribution in [0, 0.1) is 5.92 Å². The molecule has 0 aromatic carbocycles. The molecule has 23 heavy (non-hydrogen) atoms. The van der Waals surface area contributed by atoms with Crippen LogP contribution in [0.4, 0.5) is 0 Å². The fourth-order valence-corrected chi connectivity index (χ4v) is 4.08. The number of aliphatic hydroxyl groups is 1. The number of nitrogens with zero attached hydrogens (tertiary/aromatic N) is 3. The van der Waals surface area contributed by atoms with E-state index in [-0.39, 0.29) is 30.2 Å². The minimum absolute atomic E-state index is 0.0174. The second-order valence-corrected chi connectivity index (χ2v) is 6.96. The van der Waals surface area contributed by atoms with E-state index < -0.39 is 11.4 Å². The quantitative estimate of drug-likeness (QED) is 0.839. The first-order chi connectivity index (χ1) is 10.9. The number of nitrogens with one attached hydrogen (secondary N) is 1. The van der Waals surface area contributed by atoms with E-state index in [2.05, 4.69) is 15.0 Å². The van der Waals surface area contributed by atoms with Crippen molar-refractivity contribution in [3.05, 3.63) is 23.0 Å². The Morgan fingerprint density at radius 3 is 2.96 bits per heavy atom. The van der Waals surface area contributed by atoms with Crippen molar-refractivity contribution in [2.24, 2.45) is 5.92 Å². The molecule has 8 heteroatoms. The van der Waals surface area contributed by atoms with Gasteiger partial charge in [-0.25, -0.2) is 9.97 Å². The van der Waals surface area contributed by atoms with Crippen LogP contribution in [0.1, 0.15) is 33.2 Å². The monoisotopic (exact) mass is 320 g/mol. The van der Waals surface area contributed by atoms with Gasteiger partial charge in [-0.15, -0.1) is 0 Å². The smallest absolute Gasteiger partial charge is 0.278 e. The minimum Gasteiger partial charge on any atom is -0.396 e. The molecule has 1 saturated carbocycles. The van der Waals surface area contributed by atoms with Crippen LogP contribution in [-0.4, -0.2) is 48.7 Å². The summed E-state index contributed by atoms with van der Waals surface area (Å²) in [6, 6.07) is -0.0989. The highest BCUT2D eigenvalue weighted by molar-refractivity contribution is 5.69. The number of aliphatic hydroxyl groups excluding tert-OH is 1. The van der Waals surface area contributed by atoms with Crippen molar-refractivity contribution in [2.45, 2.75) is 50.7 Å². The predicted octanol–water partition coefficient (Wildman–Crippen LogP) is 0.583. The number of fused-ring (bicyclic) bond motifs is 2. The summed E-state index contributed by atoms with van der Waals surface area (Å²) in [6.07, 6.45) is 3.42. The maximum Gasteiger partial charge on any atom is 0.278 e. The molecule has 2 unspecified atom stereocenters. The topological polar surface area (TPSA) is 102 Å². The standard InChI is InChI=1S/C15H20N4O4/c1-14(2)22-11-9(4-8(5-20)15(11,3)23-14)19-7-18-10-12(19)16-6-17-13(10)21/h6-9,11,20H,4-5H2,1-3H3,(H,16,17,21)/t8-,9-,11?,15?/m1/s1. The Kier molecular flexibility index (Phi) is 2.97. The molecule has 124 valence electrons. The van der Waals surface area contributed by atoms with Crippen LogP contribution in [0.3, 0.4) is 0 Å². The van der Waals surface area contributed by atoms with E-state index in [1.54, 1.807) is 6.33 Å². The Morgan fingerprint density at radius 1 is 1.43 bits per heavy atom. The lowest BCUT2D eigenvalue weighted by Crippen LogP contribution is -2.41. The number of aromatic amines is 1. The van der Waals surface area contributed by atoms with Crippen molar-refractivity contribution in [3.8, 4) is 0 Å². The third kappa shape index (κ3) is 1.98. The summed E-state index contributed by atoms with van der Waals surface area (Å²) < 4.78 is 14.1. The summed E-state index contributed by atoms with van der Waals surface area (Å²) in [5.41, 5.74) is -0.0225. The van der Waals surface area contributed by atoms with Crippen molar-refractivity contribution in [3.63, 3.8) is 0 Å². The maximum absolute atomic E-state index is 11.9. The van der Waals surface area contributed by atoms with Gasteiger partial charge in [0.05, 0.1) is 18.7 Å². The number of aromatic nitrogens is 4. The van der Waals surface area contributed by atoms with Gasteiger partial charge in [-0.1, -0.05) is 0 Å². The van der Waals surface area contributed by atoms with Gasteiger partial charge in [-0.2, -0.15) is 0 Å². The molecule has 1 aliphatic heterocycles. The maximum atomic E-state index is 11.9. The van der Waals surface area contributed by atoms with E-state index in [4.69, 9.17) is 9.47 Å². The van der Waals surface area contributed by atoms with Crippen molar-refractivity contribution in [1.29, 1.82) is 0 Å². The summed E-state index contributed by atoms with van der Waals surface area (Å²) in [7, 11) is 0. The number of hydrogen-bond donors (Lipinski definition) is 2. The van der Waals surface area contributed by atoms with Gasteiger partial charge in [0.1, 0.15) is 11.7 Å². The summed E-state index contributed by atoms with van der Waals surface area (Å²) in [6.45, 7) is 5.74. The molecule has 2 N–H and O–H groups in total. The number of ether oxygens (including phenoxy) is 2. The normalized spacial score (nSPS) is 35.7. The third-order valence-electron chi connectivity index (χ3n) is 5.07. The average molecular weight is 320 g/mol. The van der Waals surface area contributed by atoms with Crippen LogP contribution < -0.4 is 5.56 Å². The molecule has 0 amide bonds. The molecule has 0 bridgehead atoms. The van der Waals surface area contributed by atoms with Crippen LogP contribution in [-0.2, 0) is 9.47 Å². The van der Waals surface area contributed by atoms with Gasteiger partial charge in [0.2, 0.25) is 0 Å². The summed E-state index contributed by atoms with van der Waals surface area (Å²) in [4.78, 5) is 22.8. The van der Waals surface area contributed by atoms with E-state index >= 15 is 0 Å². The van der Waals surface area contributed by atoms with Crippen LogP contribution in [0.2, 0.25) is 0 Å². The van der Waals surface area contributed by atoms with Gasteiger partial charge >= 0.3 is 0 Å². The SMILES string of the molecule is CC1(C)OC2[C@H](n3cnc4c(=O)[nH]cnc43)C[C@H](CO)C2(C)O1. The lowest BCUT2D eigenvalue weighted by molar-refractivity contribution is -0.178. The molecular formula is C15H20N4O4. The zero-order valence-electron chi connectivity index (χ0n) is 13.3. The van der Waals surface area contributed by atoms with Gasteiger partial charge in [-0.3, -0.25) is 4.79 Å². The Labute approximate surface area is 132 Å². The molecule has 8 nitrogen and oxygen atoms in total. The first kappa shape index (κ1) is 14.8. The van der Waals surface area contributed by atoms with Gasteiger partial charge < -0.3 is 24.1 Å². The number of hydrogen-bond acceptors (Lipinski definition) is 6. The highest BCUT2D eigenvalue weighted by Gasteiger charge is 2.62. The Bertz CT molecular complexity index is 813. The lowest BCUT2D eigenvalue weighted by atomic mass is 9.92. The predicted molar refractivity (Wildman–Crippen MR) is 80.8 cm³/mol. The van der Waals surface area contributed by atoms with Crippen molar-refractivity contribution >= 4 is 11.2 Å². The Balaban J connectivity index is 1.82. The lowest BCUT2D eigenvalue weighted by Gasteiger charge is -2.29. The van der Waals surface area contributed by atoms with E-state index in [1.807, 2.05) is 25.3 Å². The van der Waals surface area contributed by atoms with Gasteiger partial charge in [-0.05, 0) is 27.2 Å². The van der Waals surface area contributed by atoms with E-state index in [1.165, 1.54) is 6.33 Å². The second-order valence-electron chi connectivity index (χ2n) is 6.96. The molecule has 1 aliphatic carbocycles. The third-order valence-corrected chi connectivity index (χ3v) is 5.07. The number of rotatable bonds is 2. The Morgan fingerprint density at radius 2 is 2.22 bits per heavy atom. The molecule has 4 atom stereocenters. The summed E-state index contributed by atoms with van der Waals surface area (Å²) in [5.74, 6) is -0.772. The van der Waals surface area contributed by atoms with Gasteiger partial charge in [0, 0.05) is 12.5 Å². The molecule has 2 aliphatic rings. The van der Waals surface area contributed by atoms with E-state index in [0.29, 0.717) is 17.6 Å². The molecule has 3 heterocycles. The Hall–Kier alpha value is -1.77. The van der Waals surface area contributed by atoms with Crippen molar-refractivity contribution in [1.82, 2.24) is 19.5 Å². The first-order valence-electron chi connectivity index (χ1n) is 7.75. The zero-order chi connectivity index (χ0) is 16.4. The van der Waals surface area contributed by atoms with Gasteiger partial charge in [0.25, 0.3) is 5.56 Å². The largest absolute Gasteiger partial charge is 0.396 e. The van der Waals surface area contributed by atoms with Crippen molar-refractivity contribution in [2.75, 3.05) is 6.61 Å². The average Bonchev–Trinajstić information content (AvgIpc) is 3.07. The summed E-state index contributed by atoms with van der Waals surface area (Å²) in [5, 5.41) is 9.79. The first-order valence-corrected chi connectivity index (χ1v) is 7.75. The molecule has 2 aromatic rings. The molecule has 2 aromatic heterocycles. The summed E-state index contributed by atoms with van der Waals surface area (Å²) >= 11 is 0. The molecule has 1 saturated heterocycles. The van der Waals surface area contributed by atoms with E-state index in [0.717, 1.165) is 0 Å². The fraction of sp³-hybridized carbons (Fsp3) is 0.667. The van der Waals surface area contributed by atoms with E-state index in [9.17, 15) is 9.90 Å². The number of imidazole rings is 1. The van der Waals surface area contributed by atoms with Gasteiger partial charge in [0.15, 0.2) is 17.0 Å². The molecular weight excluding hydrogens is 300 g/mol. The highest BCUT2D eigenvalue weighted by Crippen LogP contribution is 2.53. The fourth-order valence-electron chi connectivity index (χ4n) is 4.08. The van der Waals surface area contributed by atoms with Crippen LogP contribution >= 0.6 is 0 Å². The van der Waals surface area contributed by atoms with Crippen LogP contribution in [0.15, 0.2) is 17.4 Å². The zero-order valence-corrected chi connectivity index (χ0v) is 13.3. The van der Waals surface area contributed by atoms with Crippen LogP contribution in [0.25, 0.3) is 11.2 Å². The van der Waals surface area contributed by atoms with Crippen LogP contribution in [0.5, 0.6) is 0 Å². The molecule has 4 rings (SSSR count).